The molecule has 1 aromatic carbocycles. The van der Waals surface area contributed by atoms with Gasteiger partial charge in [0.25, 0.3) is 0 Å². The molecule has 1 amide bonds. The summed E-state index contributed by atoms with van der Waals surface area (Å²) in [6, 6.07) is 7.71. The number of nitrogens with zero attached hydrogens (tertiary/aromatic N) is 1. The normalized spacial score (nSPS) is 24.2. The first kappa shape index (κ1) is 11.9. The second kappa shape index (κ2) is 4.75. The highest BCUT2D eigenvalue weighted by atomic mass is 16.5. The molecule has 1 aliphatic rings. The summed E-state index contributed by atoms with van der Waals surface area (Å²) in [5.74, 6) is 1.08. The Morgan fingerprint density at radius 1 is 1.47 bits per heavy atom. The van der Waals surface area contributed by atoms with E-state index in [9.17, 15) is 4.79 Å². The zero-order chi connectivity index (χ0) is 12.4. The highest BCUT2D eigenvalue weighted by molar-refractivity contribution is 5.97. The maximum atomic E-state index is 12.0. The van der Waals surface area contributed by atoms with E-state index in [1.54, 1.807) is 12.0 Å². The standard InChI is InChI=1S/C13H18N2O2/c1-9-10(8-14)7-13(16)15(9)11-5-3-4-6-12(11)17-2/h3-6,9-10H,7-8,14H2,1-2H3. The Morgan fingerprint density at radius 3 is 2.76 bits per heavy atom. The number of methoxy groups -OCH3 is 1. The van der Waals surface area contributed by atoms with E-state index in [0.29, 0.717) is 13.0 Å². The molecule has 1 aromatic rings. The van der Waals surface area contributed by atoms with Crippen molar-refractivity contribution in [2.45, 2.75) is 19.4 Å². The Bertz CT molecular complexity index is 420. The fourth-order valence-electron chi connectivity index (χ4n) is 2.39. The van der Waals surface area contributed by atoms with Crippen molar-refractivity contribution in [3.8, 4) is 5.75 Å². The molecule has 0 aliphatic carbocycles. The SMILES string of the molecule is COc1ccccc1N1C(=O)CC(CN)C1C. The minimum Gasteiger partial charge on any atom is -0.495 e. The molecule has 2 rings (SSSR count). The number of benzene rings is 1. The van der Waals surface area contributed by atoms with Gasteiger partial charge in [-0.15, -0.1) is 0 Å². The molecule has 1 saturated heterocycles. The molecule has 0 saturated carbocycles. The Morgan fingerprint density at radius 2 is 2.18 bits per heavy atom. The van der Waals surface area contributed by atoms with Gasteiger partial charge < -0.3 is 15.4 Å². The molecular formula is C13H18N2O2. The summed E-state index contributed by atoms with van der Waals surface area (Å²) in [6.07, 6.45) is 0.524. The Hall–Kier alpha value is -1.55. The van der Waals surface area contributed by atoms with Crippen molar-refractivity contribution in [3.63, 3.8) is 0 Å². The molecule has 4 nitrogen and oxygen atoms in total. The van der Waals surface area contributed by atoms with E-state index in [-0.39, 0.29) is 17.9 Å². The van der Waals surface area contributed by atoms with Crippen LogP contribution in [0.4, 0.5) is 5.69 Å². The first-order valence-electron chi connectivity index (χ1n) is 5.84. The predicted octanol–water partition coefficient (Wildman–Crippen LogP) is 1.40. The van der Waals surface area contributed by atoms with Gasteiger partial charge in [-0.1, -0.05) is 12.1 Å². The predicted molar refractivity (Wildman–Crippen MR) is 67.1 cm³/mol. The van der Waals surface area contributed by atoms with E-state index in [1.165, 1.54) is 0 Å². The maximum Gasteiger partial charge on any atom is 0.227 e. The van der Waals surface area contributed by atoms with E-state index in [0.717, 1.165) is 11.4 Å². The lowest BCUT2D eigenvalue weighted by atomic mass is 10.0. The lowest BCUT2D eigenvalue weighted by Gasteiger charge is -2.25. The first-order valence-corrected chi connectivity index (χ1v) is 5.84. The van der Waals surface area contributed by atoms with Crippen LogP contribution >= 0.6 is 0 Å². The molecular weight excluding hydrogens is 216 g/mol. The van der Waals surface area contributed by atoms with Crippen LogP contribution in [0.1, 0.15) is 13.3 Å². The van der Waals surface area contributed by atoms with Gasteiger partial charge in [0.2, 0.25) is 5.91 Å². The molecule has 0 radical (unpaired) electrons. The second-order valence-corrected chi connectivity index (χ2v) is 4.38. The van der Waals surface area contributed by atoms with Crippen molar-refractivity contribution in [2.75, 3.05) is 18.6 Å². The highest BCUT2D eigenvalue weighted by Crippen LogP contribution is 2.35. The summed E-state index contributed by atoms with van der Waals surface area (Å²) in [7, 11) is 1.62. The number of nitrogens with two attached hydrogens (primary N) is 1. The molecule has 2 unspecified atom stereocenters. The zero-order valence-electron chi connectivity index (χ0n) is 10.2. The molecule has 17 heavy (non-hydrogen) atoms. The zero-order valence-corrected chi connectivity index (χ0v) is 10.2. The van der Waals surface area contributed by atoms with Gasteiger partial charge in [0, 0.05) is 18.4 Å². The summed E-state index contributed by atoms with van der Waals surface area (Å²) >= 11 is 0. The molecule has 92 valence electrons. The van der Waals surface area contributed by atoms with Crippen LogP contribution in [0, 0.1) is 5.92 Å². The van der Waals surface area contributed by atoms with Crippen molar-refractivity contribution in [1.29, 1.82) is 0 Å². The molecule has 1 fully saturated rings. The number of anilines is 1. The molecule has 2 N–H and O–H groups in total. The van der Waals surface area contributed by atoms with Gasteiger partial charge in [0.15, 0.2) is 0 Å². The fourth-order valence-corrected chi connectivity index (χ4v) is 2.39. The van der Waals surface area contributed by atoms with Crippen LogP contribution in [0.5, 0.6) is 5.75 Å². The highest BCUT2D eigenvalue weighted by Gasteiger charge is 2.37. The number of para-hydroxylation sites is 2. The Kier molecular flexibility index (Phi) is 3.33. The van der Waals surface area contributed by atoms with Gasteiger partial charge in [-0.05, 0) is 25.6 Å². The number of carbonyl (C=O) groups excluding carboxylic acids is 1. The van der Waals surface area contributed by atoms with Crippen LogP contribution < -0.4 is 15.4 Å². The topological polar surface area (TPSA) is 55.6 Å². The van der Waals surface area contributed by atoms with Crippen molar-refractivity contribution in [2.24, 2.45) is 11.7 Å². The number of amides is 1. The average molecular weight is 234 g/mol. The van der Waals surface area contributed by atoms with Gasteiger partial charge in [0.1, 0.15) is 5.75 Å². The smallest absolute Gasteiger partial charge is 0.227 e. The minimum absolute atomic E-state index is 0.123. The number of rotatable bonds is 3. The van der Waals surface area contributed by atoms with Crippen molar-refractivity contribution in [1.82, 2.24) is 0 Å². The first-order chi connectivity index (χ1) is 8.19. The van der Waals surface area contributed by atoms with Crippen LogP contribution in [0.15, 0.2) is 24.3 Å². The third-order valence-corrected chi connectivity index (χ3v) is 3.44. The Balaban J connectivity index is 2.36. The van der Waals surface area contributed by atoms with Crippen molar-refractivity contribution >= 4 is 11.6 Å². The summed E-state index contributed by atoms with van der Waals surface area (Å²) in [5.41, 5.74) is 6.52. The molecule has 1 aliphatic heterocycles. The maximum absolute atomic E-state index is 12.0. The summed E-state index contributed by atoms with van der Waals surface area (Å²) in [4.78, 5) is 13.8. The third-order valence-electron chi connectivity index (χ3n) is 3.44. The third kappa shape index (κ3) is 2.00. The van der Waals surface area contributed by atoms with E-state index in [1.807, 2.05) is 31.2 Å². The van der Waals surface area contributed by atoms with Crippen LogP contribution in [-0.4, -0.2) is 25.6 Å². The van der Waals surface area contributed by atoms with Crippen molar-refractivity contribution < 1.29 is 9.53 Å². The van der Waals surface area contributed by atoms with Crippen LogP contribution in [0.25, 0.3) is 0 Å². The summed E-state index contributed by atoms with van der Waals surface area (Å²) in [6.45, 7) is 2.58. The fraction of sp³-hybridized carbons (Fsp3) is 0.462. The van der Waals surface area contributed by atoms with E-state index in [4.69, 9.17) is 10.5 Å². The molecule has 4 heteroatoms. The van der Waals surface area contributed by atoms with Gasteiger partial charge in [-0.3, -0.25) is 4.79 Å². The Labute approximate surface area is 101 Å². The van der Waals surface area contributed by atoms with E-state index >= 15 is 0 Å². The van der Waals surface area contributed by atoms with Crippen LogP contribution in [0.2, 0.25) is 0 Å². The molecule has 1 heterocycles. The van der Waals surface area contributed by atoms with Gasteiger partial charge >= 0.3 is 0 Å². The molecule has 0 spiro atoms. The number of ether oxygens (including phenoxy) is 1. The minimum atomic E-state index is 0.123. The number of hydrogen-bond donors (Lipinski definition) is 1. The van der Waals surface area contributed by atoms with Gasteiger partial charge in [-0.25, -0.2) is 0 Å². The van der Waals surface area contributed by atoms with E-state index in [2.05, 4.69) is 0 Å². The average Bonchev–Trinajstić information content (AvgIpc) is 2.64. The lowest BCUT2D eigenvalue weighted by Crippen LogP contribution is -2.34. The molecule has 2 atom stereocenters. The monoisotopic (exact) mass is 234 g/mol. The van der Waals surface area contributed by atoms with Gasteiger partial charge in [-0.2, -0.15) is 0 Å². The van der Waals surface area contributed by atoms with Crippen molar-refractivity contribution in [3.05, 3.63) is 24.3 Å². The van der Waals surface area contributed by atoms with Crippen LogP contribution in [-0.2, 0) is 4.79 Å². The molecule has 0 aromatic heterocycles. The quantitative estimate of drug-likeness (QED) is 0.860. The second-order valence-electron chi connectivity index (χ2n) is 4.38. The summed E-state index contributed by atoms with van der Waals surface area (Å²) in [5, 5.41) is 0. The molecule has 0 bridgehead atoms. The van der Waals surface area contributed by atoms with Crippen LogP contribution in [0.3, 0.4) is 0 Å². The number of hydrogen-bond acceptors (Lipinski definition) is 3. The number of carbonyl (C=O) groups is 1. The largest absolute Gasteiger partial charge is 0.495 e. The van der Waals surface area contributed by atoms with E-state index < -0.39 is 0 Å². The van der Waals surface area contributed by atoms with Gasteiger partial charge in [0.05, 0.1) is 12.8 Å². The lowest BCUT2D eigenvalue weighted by molar-refractivity contribution is -0.117. The summed E-state index contributed by atoms with van der Waals surface area (Å²) < 4.78 is 5.30.